The van der Waals surface area contributed by atoms with Crippen molar-refractivity contribution in [3.05, 3.63) is 114 Å². The molecule has 2 atom stereocenters. The second-order valence-corrected chi connectivity index (χ2v) is 12.8. The number of aromatic nitrogens is 2. The van der Waals surface area contributed by atoms with E-state index in [0.29, 0.717) is 18.7 Å². The zero-order chi connectivity index (χ0) is 30.2. The number of nitrogens with zero attached hydrogens (tertiary/aromatic N) is 4. The maximum absolute atomic E-state index is 14.4. The third-order valence-electron chi connectivity index (χ3n) is 8.54. The molecule has 0 aliphatic carbocycles. The number of likely N-dealkylation sites (tertiary alicyclic amines) is 1. The number of aliphatic hydroxyl groups excluding tert-OH is 1. The molecule has 43 heavy (non-hydrogen) atoms. The van der Waals surface area contributed by atoms with Crippen molar-refractivity contribution in [2.45, 2.75) is 65.1 Å². The summed E-state index contributed by atoms with van der Waals surface area (Å²) in [6.45, 7) is 9.94. The first kappa shape index (κ1) is 30.7. The molecule has 1 fully saturated rings. The summed E-state index contributed by atoms with van der Waals surface area (Å²) in [5.41, 5.74) is 3.55. The smallest absolute Gasteiger partial charge is 0.254 e. The molecule has 0 bridgehead atoms. The molecule has 0 spiro atoms. The zero-order valence-corrected chi connectivity index (χ0v) is 25.9. The summed E-state index contributed by atoms with van der Waals surface area (Å²) in [7, 11) is 0. The van der Waals surface area contributed by atoms with Gasteiger partial charge in [0.05, 0.1) is 18.3 Å². The van der Waals surface area contributed by atoms with E-state index in [1.807, 2.05) is 54.6 Å². The van der Waals surface area contributed by atoms with Gasteiger partial charge < -0.3 is 14.6 Å². The van der Waals surface area contributed by atoms with Crippen molar-refractivity contribution >= 4 is 5.91 Å². The number of aliphatic hydroxyl groups is 1. The zero-order valence-electron chi connectivity index (χ0n) is 25.9. The van der Waals surface area contributed by atoms with Crippen LogP contribution in [0.2, 0.25) is 0 Å². The largest absolute Gasteiger partial charge is 0.395 e. The van der Waals surface area contributed by atoms with E-state index < -0.39 is 0 Å². The van der Waals surface area contributed by atoms with Gasteiger partial charge in [-0.05, 0) is 48.9 Å². The van der Waals surface area contributed by atoms with Crippen LogP contribution in [0.15, 0.2) is 97.2 Å². The van der Waals surface area contributed by atoms with E-state index in [9.17, 15) is 9.90 Å². The first-order valence-electron chi connectivity index (χ1n) is 15.7. The van der Waals surface area contributed by atoms with Crippen LogP contribution in [0.1, 0.15) is 74.2 Å². The normalized spacial score (nSPS) is 16.6. The quantitative estimate of drug-likeness (QED) is 0.207. The van der Waals surface area contributed by atoms with Crippen molar-refractivity contribution in [2.24, 2.45) is 5.41 Å². The molecular formula is C37H46N4O2. The maximum Gasteiger partial charge on any atom is 0.254 e. The van der Waals surface area contributed by atoms with E-state index in [1.165, 1.54) is 12.0 Å². The van der Waals surface area contributed by atoms with E-state index in [2.05, 4.69) is 77.7 Å². The lowest BCUT2D eigenvalue weighted by atomic mass is 9.84. The van der Waals surface area contributed by atoms with Gasteiger partial charge in [0.1, 0.15) is 5.82 Å². The number of imidazole rings is 1. The van der Waals surface area contributed by atoms with Gasteiger partial charge in [0, 0.05) is 43.0 Å². The number of carbonyl (C=O) groups excluding carboxylic acids is 1. The molecule has 2 heterocycles. The highest BCUT2D eigenvalue weighted by atomic mass is 16.3. The third kappa shape index (κ3) is 7.62. The molecule has 6 nitrogen and oxygen atoms in total. The second kappa shape index (κ2) is 14.2. The Morgan fingerprint density at radius 1 is 0.953 bits per heavy atom. The van der Waals surface area contributed by atoms with Gasteiger partial charge in [-0.3, -0.25) is 9.69 Å². The molecule has 3 aromatic carbocycles. The molecule has 1 aromatic heterocycles. The van der Waals surface area contributed by atoms with E-state index in [0.717, 1.165) is 49.4 Å². The number of amides is 1. The minimum Gasteiger partial charge on any atom is -0.395 e. The Morgan fingerprint density at radius 3 is 2.26 bits per heavy atom. The SMILES string of the molecule is CC(C)(C)[C@H](c1nc(-c2ccccc2)cn1Cc1ccccc1)N(CCCN1CCCCC1CO)C(=O)c1ccccc1. The molecule has 1 aliphatic heterocycles. The van der Waals surface area contributed by atoms with Gasteiger partial charge in [-0.1, -0.05) is 106 Å². The van der Waals surface area contributed by atoms with E-state index >= 15 is 0 Å². The predicted octanol–water partition coefficient (Wildman–Crippen LogP) is 7.06. The van der Waals surface area contributed by atoms with Crippen molar-refractivity contribution in [1.29, 1.82) is 0 Å². The number of hydrogen-bond acceptors (Lipinski definition) is 4. The van der Waals surface area contributed by atoms with E-state index in [-0.39, 0.29) is 30.0 Å². The van der Waals surface area contributed by atoms with Crippen LogP contribution >= 0.6 is 0 Å². The molecule has 1 saturated heterocycles. The van der Waals surface area contributed by atoms with Gasteiger partial charge in [-0.2, -0.15) is 0 Å². The van der Waals surface area contributed by atoms with Crippen molar-refractivity contribution in [2.75, 3.05) is 26.2 Å². The summed E-state index contributed by atoms with van der Waals surface area (Å²) < 4.78 is 2.24. The summed E-state index contributed by atoms with van der Waals surface area (Å²) >= 11 is 0. The van der Waals surface area contributed by atoms with Crippen LogP contribution in [0.5, 0.6) is 0 Å². The standard InChI is InChI=1S/C37H46N4O2/c1-37(2,3)34(35-38-33(30-18-9-5-10-19-30)27-40(35)26-29-16-7-4-8-17-29)41(36(43)31-20-11-6-12-21-31)25-15-24-39-23-14-13-22-32(39)28-42/h4-12,16-21,27,32,34,42H,13-15,22-26,28H2,1-3H3/t32?,34-/m0/s1. The molecule has 1 unspecified atom stereocenters. The van der Waals surface area contributed by atoms with Crippen molar-refractivity contribution < 1.29 is 9.90 Å². The second-order valence-electron chi connectivity index (χ2n) is 12.8. The average Bonchev–Trinajstić information content (AvgIpc) is 3.43. The number of carbonyl (C=O) groups is 1. The Morgan fingerprint density at radius 2 is 1.60 bits per heavy atom. The maximum atomic E-state index is 14.4. The van der Waals surface area contributed by atoms with Gasteiger partial charge in [0.15, 0.2) is 0 Å². The van der Waals surface area contributed by atoms with Gasteiger partial charge in [-0.25, -0.2) is 4.98 Å². The Balaban J connectivity index is 1.55. The van der Waals surface area contributed by atoms with Crippen LogP contribution in [-0.4, -0.2) is 62.6 Å². The highest BCUT2D eigenvalue weighted by Crippen LogP contribution is 2.40. The van der Waals surface area contributed by atoms with Gasteiger partial charge in [0.25, 0.3) is 5.91 Å². The monoisotopic (exact) mass is 578 g/mol. The fraction of sp³-hybridized carbons (Fsp3) is 0.405. The number of rotatable bonds is 11. The molecule has 4 aromatic rings. The summed E-state index contributed by atoms with van der Waals surface area (Å²) in [6, 6.07) is 30.3. The topological polar surface area (TPSA) is 61.6 Å². The Hall–Kier alpha value is -3.74. The molecule has 1 amide bonds. The minimum atomic E-state index is -0.295. The molecule has 0 saturated carbocycles. The Kier molecular flexibility index (Phi) is 10.1. The lowest BCUT2D eigenvalue weighted by Crippen LogP contribution is -2.46. The molecule has 5 rings (SSSR count). The summed E-state index contributed by atoms with van der Waals surface area (Å²) in [5.74, 6) is 0.916. The summed E-state index contributed by atoms with van der Waals surface area (Å²) in [5, 5.41) is 9.98. The van der Waals surface area contributed by atoms with Crippen molar-refractivity contribution in [3.63, 3.8) is 0 Å². The van der Waals surface area contributed by atoms with Gasteiger partial charge in [-0.15, -0.1) is 0 Å². The van der Waals surface area contributed by atoms with Crippen LogP contribution in [0.3, 0.4) is 0 Å². The van der Waals surface area contributed by atoms with Gasteiger partial charge >= 0.3 is 0 Å². The van der Waals surface area contributed by atoms with Crippen LogP contribution in [0.4, 0.5) is 0 Å². The summed E-state index contributed by atoms with van der Waals surface area (Å²) in [4.78, 5) is 24.1. The van der Waals surface area contributed by atoms with Crippen LogP contribution in [-0.2, 0) is 6.54 Å². The summed E-state index contributed by atoms with van der Waals surface area (Å²) in [6.07, 6.45) is 6.33. The van der Waals surface area contributed by atoms with Crippen LogP contribution in [0, 0.1) is 5.41 Å². The highest BCUT2D eigenvalue weighted by Gasteiger charge is 2.38. The van der Waals surface area contributed by atoms with Crippen LogP contribution in [0.25, 0.3) is 11.3 Å². The van der Waals surface area contributed by atoms with Crippen LogP contribution < -0.4 is 0 Å². The number of benzene rings is 3. The fourth-order valence-electron chi connectivity index (χ4n) is 6.40. The molecule has 0 radical (unpaired) electrons. The first-order chi connectivity index (χ1) is 20.8. The predicted molar refractivity (Wildman–Crippen MR) is 174 cm³/mol. The Bertz CT molecular complexity index is 1430. The first-order valence-corrected chi connectivity index (χ1v) is 15.7. The Labute approximate surface area is 257 Å². The van der Waals surface area contributed by atoms with E-state index in [1.54, 1.807) is 0 Å². The highest BCUT2D eigenvalue weighted by molar-refractivity contribution is 5.94. The third-order valence-corrected chi connectivity index (χ3v) is 8.54. The number of hydrogen-bond donors (Lipinski definition) is 1. The van der Waals surface area contributed by atoms with Gasteiger partial charge in [0.2, 0.25) is 0 Å². The van der Waals surface area contributed by atoms with Crippen molar-refractivity contribution in [1.82, 2.24) is 19.4 Å². The lowest BCUT2D eigenvalue weighted by molar-refractivity contribution is 0.0436. The average molecular weight is 579 g/mol. The van der Waals surface area contributed by atoms with Crippen molar-refractivity contribution in [3.8, 4) is 11.3 Å². The minimum absolute atomic E-state index is 0.0217. The molecule has 1 aliphatic rings. The number of piperidine rings is 1. The lowest BCUT2D eigenvalue weighted by Gasteiger charge is -2.41. The molecule has 1 N–H and O–H groups in total. The van der Waals surface area contributed by atoms with E-state index in [4.69, 9.17) is 4.98 Å². The molecular weight excluding hydrogens is 532 g/mol. The fourth-order valence-corrected chi connectivity index (χ4v) is 6.40. The molecule has 226 valence electrons. The molecule has 6 heteroatoms.